The fourth-order valence-electron chi connectivity index (χ4n) is 1.77. The third-order valence-electron chi connectivity index (χ3n) is 2.71. The number of amides is 1. The van der Waals surface area contributed by atoms with E-state index in [9.17, 15) is 4.79 Å². The summed E-state index contributed by atoms with van der Waals surface area (Å²) < 4.78 is 4.94. The minimum Gasteiger partial charge on any atom is -0.343 e. The second kappa shape index (κ2) is 6.68. The maximum absolute atomic E-state index is 12.2. The van der Waals surface area contributed by atoms with Crippen LogP contribution in [0.1, 0.15) is 33.2 Å². The first-order valence-corrected chi connectivity index (χ1v) is 6.47. The molecule has 0 fully saturated rings. The van der Waals surface area contributed by atoms with Crippen molar-refractivity contribution < 1.29 is 9.32 Å². The number of carbonyl (C=O) groups excluding carboxylic acids is 1. The topological polar surface area (TPSA) is 94.0 Å². The van der Waals surface area contributed by atoms with Crippen LogP contribution in [0, 0.1) is 25.7 Å². The van der Waals surface area contributed by atoms with Gasteiger partial charge in [0.2, 0.25) is 5.89 Å². The fourth-order valence-corrected chi connectivity index (χ4v) is 1.77. The number of rotatable bonds is 3. The van der Waals surface area contributed by atoms with Gasteiger partial charge in [0.15, 0.2) is 5.82 Å². The zero-order valence-electron chi connectivity index (χ0n) is 11.9. The van der Waals surface area contributed by atoms with E-state index in [1.807, 2.05) is 19.1 Å². The summed E-state index contributed by atoms with van der Waals surface area (Å²) in [5.74, 6) is 6.32. The predicted molar refractivity (Wildman–Crippen MR) is 77.3 cm³/mol. The molecule has 0 bridgehead atoms. The first kappa shape index (κ1) is 14.8. The number of aromatic nitrogens is 2. The standard InChI is InChI=1S/C15H16N4O2/c1-10-5-6-13(12(8-10)4-3-7-16)15(20)17-9-14-18-11(2)19-21-14/h5-6,8H,7,9,16H2,1-2H3,(H,17,20). The molecule has 0 atom stereocenters. The summed E-state index contributed by atoms with van der Waals surface area (Å²) in [7, 11) is 0. The first-order chi connectivity index (χ1) is 10.1. The number of nitrogens with two attached hydrogens (primary N) is 1. The van der Waals surface area contributed by atoms with E-state index in [4.69, 9.17) is 10.3 Å². The lowest BCUT2D eigenvalue weighted by molar-refractivity contribution is 0.0946. The molecule has 6 heteroatoms. The molecule has 0 unspecified atom stereocenters. The van der Waals surface area contributed by atoms with Crippen LogP contribution in [0.2, 0.25) is 0 Å². The molecule has 6 nitrogen and oxygen atoms in total. The average Bonchev–Trinajstić information content (AvgIpc) is 2.88. The Hall–Kier alpha value is -2.65. The van der Waals surface area contributed by atoms with Gasteiger partial charge in [0, 0.05) is 5.56 Å². The van der Waals surface area contributed by atoms with E-state index in [0.29, 0.717) is 22.8 Å². The van der Waals surface area contributed by atoms with Gasteiger partial charge in [0.05, 0.1) is 18.7 Å². The van der Waals surface area contributed by atoms with E-state index in [0.717, 1.165) is 5.56 Å². The van der Waals surface area contributed by atoms with Gasteiger partial charge in [-0.3, -0.25) is 4.79 Å². The summed E-state index contributed by atoms with van der Waals surface area (Å²) in [6.07, 6.45) is 0. The van der Waals surface area contributed by atoms with Gasteiger partial charge in [-0.25, -0.2) is 0 Å². The van der Waals surface area contributed by atoms with Crippen LogP contribution in [0.5, 0.6) is 0 Å². The van der Waals surface area contributed by atoms with E-state index < -0.39 is 0 Å². The van der Waals surface area contributed by atoms with Gasteiger partial charge >= 0.3 is 0 Å². The van der Waals surface area contributed by atoms with Crippen LogP contribution >= 0.6 is 0 Å². The van der Waals surface area contributed by atoms with Gasteiger partial charge in [-0.2, -0.15) is 4.98 Å². The van der Waals surface area contributed by atoms with Crippen LogP contribution in [0.4, 0.5) is 0 Å². The van der Waals surface area contributed by atoms with Crippen LogP contribution in [0.15, 0.2) is 22.7 Å². The third-order valence-corrected chi connectivity index (χ3v) is 2.71. The average molecular weight is 284 g/mol. The smallest absolute Gasteiger partial charge is 0.252 e. The zero-order chi connectivity index (χ0) is 15.2. The minimum absolute atomic E-state index is 0.178. The quantitative estimate of drug-likeness (QED) is 0.818. The molecule has 0 spiro atoms. The Kier molecular flexibility index (Phi) is 4.69. The summed E-state index contributed by atoms with van der Waals surface area (Å²) in [6, 6.07) is 5.46. The molecule has 0 radical (unpaired) electrons. The largest absolute Gasteiger partial charge is 0.343 e. The molecule has 2 rings (SSSR count). The normalized spacial score (nSPS) is 9.86. The van der Waals surface area contributed by atoms with Crippen LogP contribution in [-0.2, 0) is 6.54 Å². The Balaban J connectivity index is 2.14. The number of carbonyl (C=O) groups is 1. The molecule has 21 heavy (non-hydrogen) atoms. The van der Waals surface area contributed by atoms with Crippen molar-refractivity contribution in [1.29, 1.82) is 0 Å². The van der Waals surface area contributed by atoms with Crippen molar-refractivity contribution in [1.82, 2.24) is 15.5 Å². The molecule has 3 N–H and O–H groups in total. The molecular formula is C15H16N4O2. The van der Waals surface area contributed by atoms with Crippen molar-refractivity contribution in [2.24, 2.45) is 5.73 Å². The lowest BCUT2D eigenvalue weighted by Crippen LogP contribution is -2.24. The van der Waals surface area contributed by atoms with E-state index in [1.165, 1.54) is 0 Å². The molecule has 108 valence electrons. The predicted octanol–water partition coefficient (Wildman–Crippen LogP) is 0.927. The zero-order valence-corrected chi connectivity index (χ0v) is 11.9. The van der Waals surface area contributed by atoms with Gasteiger partial charge in [0.1, 0.15) is 0 Å². The number of nitrogens with one attached hydrogen (secondary N) is 1. The second-order valence-electron chi connectivity index (χ2n) is 4.47. The number of aryl methyl sites for hydroxylation is 2. The van der Waals surface area contributed by atoms with Crippen molar-refractivity contribution in [3.8, 4) is 11.8 Å². The monoisotopic (exact) mass is 284 g/mol. The van der Waals surface area contributed by atoms with E-state index >= 15 is 0 Å². The Labute approximate surface area is 122 Å². The van der Waals surface area contributed by atoms with E-state index in [2.05, 4.69) is 27.3 Å². The number of hydrogen-bond donors (Lipinski definition) is 2. The highest BCUT2D eigenvalue weighted by molar-refractivity contribution is 5.96. The van der Waals surface area contributed by atoms with Crippen LogP contribution in [0.3, 0.4) is 0 Å². The van der Waals surface area contributed by atoms with Crippen molar-refractivity contribution >= 4 is 5.91 Å². The van der Waals surface area contributed by atoms with Gasteiger partial charge in [-0.05, 0) is 31.5 Å². The second-order valence-corrected chi connectivity index (χ2v) is 4.47. The molecule has 0 aliphatic heterocycles. The maximum Gasteiger partial charge on any atom is 0.252 e. The van der Waals surface area contributed by atoms with Crippen molar-refractivity contribution in [3.05, 3.63) is 46.6 Å². The molecule has 1 aromatic heterocycles. The van der Waals surface area contributed by atoms with Crippen LogP contribution in [0.25, 0.3) is 0 Å². The highest BCUT2D eigenvalue weighted by Crippen LogP contribution is 2.11. The van der Waals surface area contributed by atoms with Gasteiger partial charge in [0.25, 0.3) is 5.91 Å². The number of benzene rings is 1. The lowest BCUT2D eigenvalue weighted by Gasteiger charge is -2.06. The van der Waals surface area contributed by atoms with Crippen LogP contribution in [-0.4, -0.2) is 22.6 Å². The summed E-state index contributed by atoms with van der Waals surface area (Å²) >= 11 is 0. The highest BCUT2D eigenvalue weighted by Gasteiger charge is 2.12. The summed E-state index contributed by atoms with van der Waals surface area (Å²) in [6.45, 7) is 4.08. The summed E-state index contributed by atoms with van der Waals surface area (Å²) in [5.41, 5.74) is 7.55. The van der Waals surface area contributed by atoms with Gasteiger partial charge in [-0.15, -0.1) is 0 Å². The molecule has 0 aliphatic rings. The Morgan fingerprint density at radius 2 is 2.24 bits per heavy atom. The maximum atomic E-state index is 12.2. The molecule has 2 aromatic rings. The molecule has 1 amide bonds. The minimum atomic E-state index is -0.243. The summed E-state index contributed by atoms with van der Waals surface area (Å²) in [5, 5.41) is 6.39. The Bertz CT molecular complexity index is 710. The van der Waals surface area contributed by atoms with Crippen molar-refractivity contribution in [2.45, 2.75) is 20.4 Å². The lowest BCUT2D eigenvalue weighted by atomic mass is 10.0. The molecule has 0 aliphatic carbocycles. The van der Waals surface area contributed by atoms with Crippen LogP contribution < -0.4 is 11.1 Å². The van der Waals surface area contributed by atoms with Gasteiger partial charge in [-0.1, -0.05) is 23.1 Å². The highest BCUT2D eigenvalue weighted by atomic mass is 16.5. The molecule has 0 saturated carbocycles. The molecule has 0 saturated heterocycles. The first-order valence-electron chi connectivity index (χ1n) is 6.47. The Morgan fingerprint density at radius 3 is 2.90 bits per heavy atom. The van der Waals surface area contributed by atoms with E-state index in [1.54, 1.807) is 13.0 Å². The van der Waals surface area contributed by atoms with Gasteiger partial charge < -0.3 is 15.6 Å². The van der Waals surface area contributed by atoms with Crippen molar-refractivity contribution in [3.63, 3.8) is 0 Å². The summed E-state index contributed by atoms with van der Waals surface area (Å²) in [4.78, 5) is 16.2. The van der Waals surface area contributed by atoms with Crippen molar-refractivity contribution in [2.75, 3.05) is 6.54 Å². The third kappa shape index (κ3) is 3.91. The fraction of sp³-hybridized carbons (Fsp3) is 0.267. The molecular weight excluding hydrogens is 268 g/mol. The number of nitrogens with zero attached hydrogens (tertiary/aromatic N) is 2. The van der Waals surface area contributed by atoms with E-state index in [-0.39, 0.29) is 19.0 Å². The molecule has 1 heterocycles. The SMILES string of the molecule is Cc1ccc(C(=O)NCc2nc(C)no2)c(C#CCN)c1. The molecule has 1 aromatic carbocycles. The number of hydrogen-bond acceptors (Lipinski definition) is 5. The Morgan fingerprint density at radius 1 is 1.43 bits per heavy atom.